The van der Waals surface area contributed by atoms with Gasteiger partial charge >= 0.3 is 0 Å². The molecule has 0 aliphatic carbocycles. The number of hydrazine groups is 1. The summed E-state index contributed by atoms with van der Waals surface area (Å²) in [6.07, 6.45) is 2.80. The minimum atomic E-state index is -0.222. The third-order valence-corrected chi connectivity index (χ3v) is 2.74. The quantitative estimate of drug-likeness (QED) is 0.640. The van der Waals surface area contributed by atoms with Gasteiger partial charge in [0.15, 0.2) is 5.82 Å². The van der Waals surface area contributed by atoms with E-state index in [1.54, 1.807) is 7.05 Å². The molecular formula is C13H15N5O. The Morgan fingerprint density at radius 1 is 1.21 bits per heavy atom. The van der Waals surface area contributed by atoms with E-state index in [0.29, 0.717) is 5.82 Å². The van der Waals surface area contributed by atoms with Crippen molar-refractivity contribution in [3.05, 3.63) is 47.9 Å². The van der Waals surface area contributed by atoms with Crippen LogP contribution < -0.4 is 16.2 Å². The smallest absolute Gasteiger partial charge is 0.278 e. The van der Waals surface area contributed by atoms with Crippen LogP contribution in [0.5, 0.6) is 0 Å². The Morgan fingerprint density at radius 3 is 2.42 bits per heavy atom. The summed E-state index contributed by atoms with van der Waals surface area (Å²) in [5.41, 5.74) is 4.57. The molecule has 2 rings (SSSR count). The lowest BCUT2D eigenvalue weighted by atomic mass is 10.2. The van der Waals surface area contributed by atoms with Gasteiger partial charge < -0.3 is 10.3 Å². The monoisotopic (exact) mass is 257 g/mol. The second-order valence-corrected chi connectivity index (χ2v) is 4.13. The summed E-state index contributed by atoms with van der Waals surface area (Å²) in [6, 6.07) is 7.67. The number of carbonyl (C=O) groups is 1. The van der Waals surface area contributed by atoms with E-state index in [1.165, 1.54) is 17.3 Å². The van der Waals surface area contributed by atoms with Crippen molar-refractivity contribution in [3.8, 4) is 0 Å². The highest BCUT2D eigenvalue weighted by molar-refractivity contribution is 6.04. The van der Waals surface area contributed by atoms with E-state index >= 15 is 0 Å². The molecule has 0 radical (unpaired) electrons. The highest BCUT2D eigenvalue weighted by atomic mass is 16.2. The summed E-state index contributed by atoms with van der Waals surface area (Å²) in [5, 5.41) is 0. The van der Waals surface area contributed by atoms with Gasteiger partial charge in [-0.15, -0.1) is 0 Å². The maximum Gasteiger partial charge on any atom is 0.278 e. The van der Waals surface area contributed by atoms with Crippen LogP contribution in [0, 0.1) is 6.92 Å². The van der Waals surface area contributed by atoms with Crippen LogP contribution in [0.2, 0.25) is 0 Å². The maximum absolute atomic E-state index is 12.2. The molecule has 0 unspecified atom stereocenters. The largest absolute Gasteiger partial charge is 0.310 e. The Hall–Kier alpha value is -2.47. The van der Waals surface area contributed by atoms with Gasteiger partial charge in [-0.3, -0.25) is 4.79 Å². The molecule has 1 amide bonds. The van der Waals surface area contributed by atoms with E-state index < -0.39 is 0 Å². The number of rotatable bonds is 3. The van der Waals surface area contributed by atoms with Gasteiger partial charge in [0.2, 0.25) is 0 Å². The van der Waals surface area contributed by atoms with Gasteiger partial charge in [0, 0.05) is 12.7 Å². The molecule has 6 nitrogen and oxygen atoms in total. The van der Waals surface area contributed by atoms with Gasteiger partial charge in [-0.05, 0) is 19.1 Å². The Bertz CT molecular complexity index is 565. The van der Waals surface area contributed by atoms with E-state index in [4.69, 9.17) is 5.84 Å². The number of aryl methyl sites for hydroxylation is 1. The third-order valence-electron chi connectivity index (χ3n) is 2.74. The highest BCUT2D eigenvalue weighted by Gasteiger charge is 2.15. The summed E-state index contributed by atoms with van der Waals surface area (Å²) in [7, 11) is 1.70. The normalized spacial score (nSPS) is 10.1. The Balaban J connectivity index is 2.20. The number of nitrogens with two attached hydrogens (primary N) is 1. The fraction of sp³-hybridized carbons (Fsp3) is 0.154. The van der Waals surface area contributed by atoms with Gasteiger partial charge in [-0.25, -0.2) is 15.8 Å². The van der Waals surface area contributed by atoms with Crippen molar-refractivity contribution in [1.82, 2.24) is 9.97 Å². The molecule has 1 heterocycles. The van der Waals surface area contributed by atoms with Gasteiger partial charge in [0.1, 0.15) is 5.69 Å². The molecule has 1 aromatic carbocycles. The number of nitrogens with zero attached hydrogens (tertiary/aromatic N) is 3. The summed E-state index contributed by atoms with van der Waals surface area (Å²) in [4.78, 5) is 21.7. The number of hydrogen-bond acceptors (Lipinski definition) is 5. The molecule has 6 heteroatoms. The predicted molar refractivity (Wildman–Crippen MR) is 73.8 cm³/mol. The zero-order valence-corrected chi connectivity index (χ0v) is 10.8. The van der Waals surface area contributed by atoms with Crippen LogP contribution in [-0.4, -0.2) is 22.9 Å². The van der Waals surface area contributed by atoms with Gasteiger partial charge in [-0.2, -0.15) is 0 Å². The number of aromatic nitrogens is 2. The molecule has 0 atom stereocenters. The zero-order chi connectivity index (χ0) is 13.8. The fourth-order valence-electron chi connectivity index (χ4n) is 1.57. The average Bonchev–Trinajstić information content (AvgIpc) is 2.46. The topological polar surface area (TPSA) is 84.1 Å². The summed E-state index contributed by atoms with van der Waals surface area (Å²) in [6.45, 7) is 2.00. The lowest BCUT2D eigenvalue weighted by Gasteiger charge is -2.16. The molecule has 98 valence electrons. The zero-order valence-electron chi connectivity index (χ0n) is 10.8. The minimum Gasteiger partial charge on any atom is -0.310 e. The van der Waals surface area contributed by atoms with Crippen molar-refractivity contribution >= 4 is 17.4 Å². The Morgan fingerprint density at radius 2 is 1.89 bits per heavy atom. The predicted octanol–water partition coefficient (Wildman–Crippen LogP) is 1.35. The van der Waals surface area contributed by atoms with Crippen molar-refractivity contribution in [3.63, 3.8) is 0 Å². The summed E-state index contributed by atoms with van der Waals surface area (Å²) < 4.78 is 0. The van der Waals surface area contributed by atoms with Crippen molar-refractivity contribution in [2.24, 2.45) is 5.84 Å². The number of anilines is 2. The van der Waals surface area contributed by atoms with Crippen molar-refractivity contribution in [1.29, 1.82) is 0 Å². The summed E-state index contributed by atoms with van der Waals surface area (Å²) in [5.74, 6) is 5.38. The number of benzene rings is 1. The molecule has 0 fully saturated rings. The van der Waals surface area contributed by atoms with Crippen molar-refractivity contribution in [2.75, 3.05) is 17.4 Å². The minimum absolute atomic E-state index is 0.222. The van der Waals surface area contributed by atoms with Gasteiger partial charge in [-0.1, -0.05) is 17.7 Å². The van der Waals surface area contributed by atoms with Crippen LogP contribution in [0.3, 0.4) is 0 Å². The average molecular weight is 257 g/mol. The molecule has 0 saturated heterocycles. The van der Waals surface area contributed by atoms with Crippen LogP contribution >= 0.6 is 0 Å². The lowest BCUT2D eigenvalue weighted by molar-refractivity contribution is 0.0988. The van der Waals surface area contributed by atoms with E-state index in [0.717, 1.165) is 11.3 Å². The molecule has 1 aromatic heterocycles. The van der Waals surface area contributed by atoms with Crippen LogP contribution in [0.25, 0.3) is 0 Å². The van der Waals surface area contributed by atoms with E-state index in [2.05, 4.69) is 15.4 Å². The van der Waals surface area contributed by atoms with Crippen LogP contribution in [0.15, 0.2) is 36.7 Å². The third kappa shape index (κ3) is 2.86. The van der Waals surface area contributed by atoms with Crippen LogP contribution in [0.1, 0.15) is 16.1 Å². The first kappa shape index (κ1) is 13.0. The second kappa shape index (κ2) is 5.45. The van der Waals surface area contributed by atoms with Gasteiger partial charge in [0.05, 0.1) is 12.4 Å². The molecule has 0 spiro atoms. The van der Waals surface area contributed by atoms with E-state index in [-0.39, 0.29) is 11.6 Å². The number of amides is 1. The highest BCUT2D eigenvalue weighted by Crippen LogP contribution is 2.15. The van der Waals surface area contributed by atoms with Crippen LogP contribution in [0.4, 0.5) is 11.5 Å². The molecule has 0 aliphatic heterocycles. The first-order valence-corrected chi connectivity index (χ1v) is 5.75. The number of nitrogen functional groups attached to an aromatic ring is 1. The second-order valence-electron chi connectivity index (χ2n) is 4.13. The van der Waals surface area contributed by atoms with Crippen LogP contribution in [-0.2, 0) is 0 Å². The SMILES string of the molecule is Cc1ccc(N(C)C(=O)c2cnc(NN)cn2)cc1. The molecule has 0 saturated carbocycles. The fourth-order valence-corrected chi connectivity index (χ4v) is 1.57. The van der Waals surface area contributed by atoms with E-state index in [9.17, 15) is 4.79 Å². The Labute approximate surface area is 111 Å². The number of hydrogen-bond donors (Lipinski definition) is 2. The Kier molecular flexibility index (Phi) is 3.72. The van der Waals surface area contributed by atoms with Crippen molar-refractivity contribution < 1.29 is 4.79 Å². The molecule has 19 heavy (non-hydrogen) atoms. The molecule has 3 N–H and O–H groups in total. The molecular weight excluding hydrogens is 242 g/mol. The van der Waals surface area contributed by atoms with Crippen molar-refractivity contribution in [2.45, 2.75) is 6.92 Å². The molecule has 0 bridgehead atoms. The summed E-state index contributed by atoms with van der Waals surface area (Å²) >= 11 is 0. The number of carbonyl (C=O) groups excluding carboxylic acids is 1. The lowest BCUT2D eigenvalue weighted by Crippen LogP contribution is -2.27. The molecule has 2 aromatic rings. The molecule has 0 aliphatic rings. The standard InChI is InChI=1S/C13H15N5O/c1-9-3-5-10(6-4-9)18(2)13(19)11-7-16-12(17-14)8-15-11/h3-8H,14H2,1-2H3,(H,16,17). The first-order chi connectivity index (χ1) is 9.11. The first-order valence-electron chi connectivity index (χ1n) is 5.75. The van der Waals surface area contributed by atoms with Gasteiger partial charge in [0.25, 0.3) is 5.91 Å². The number of nitrogens with one attached hydrogen (secondary N) is 1. The maximum atomic E-state index is 12.2. The van der Waals surface area contributed by atoms with E-state index in [1.807, 2.05) is 31.2 Å².